The quantitative estimate of drug-likeness (QED) is 0.739. The van der Waals surface area contributed by atoms with Gasteiger partial charge in [-0.1, -0.05) is 18.2 Å². The molecular weight excluding hydrogens is 160 g/mol. The first-order valence-electron chi connectivity index (χ1n) is 5.01. The van der Waals surface area contributed by atoms with Gasteiger partial charge >= 0.3 is 0 Å². The van der Waals surface area contributed by atoms with Crippen molar-refractivity contribution in [3.8, 4) is 0 Å². The molecular formula is C11H14N2. The largest absolute Gasteiger partial charge is 0.318 e. The maximum absolute atomic E-state index is 3.44. The predicted molar refractivity (Wildman–Crippen MR) is 53.2 cm³/mol. The van der Waals surface area contributed by atoms with E-state index in [1.165, 1.54) is 30.6 Å². The summed E-state index contributed by atoms with van der Waals surface area (Å²) in [4.78, 5) is 0. The Bertz CT molecular complexity index is 293. The van der Waals surface area contributed by atoms with E-state index in [0.717, 1.165) is 12.5 Å². The number of hydrogen-bond donors (Lipinski definition) is 1. The number of hydrazine groups is 1. The van der Waals surface area contributed by atoms with E-state index in [4.69, 9.17) is 0 Å². The minimum Gasteiger partial charge on any atom is -0.318 e. The number of rotatable bonds is 2. The fourth-order valence-electron chi connectivity index (χ4n) is 1.91. The summed E-state index contributed by atoms with van der Waals surface area (Å²) in [5, 5.41) is 2.34. The summed E-state index contributed by atoms with van der Waals surface area (Å²) in [5.74, 6) is 0.960. The van der Waals surface area contributed by atoms with Crippen molar-refractivity contribution in [3.63, 3.8) is 0 Å². The van der Waals surface area contributed by atoms with E-state index in [2.05, 4.69) is 34.7 Å². The van der Waals surface area contributed by atoms with Crippen LogP contribution in [0, 0.1) is 5.92 Å². The lowest BCUT2D eigenvalue weighted by Crippen LogP contribution is -2.25. The van der Waals surface area contributed by atoms with Crippen LogP contribution in [0.2, 0.25) is 0 Å². The Morgan fingerprint density at radius 2 is 2.15 bits per heavy atom. The second-order valence-corrected chi connectivity index (χ2v) is 4.09. The van der Waals surface area contributed by atoms with Crippen molar-refractivity contribution in [2.45, 2.75) is 19.4 Å². The molecule has 2 aliphatic rings. The van der Waals surface area contributed by atoms with Gasteiger partial charge in [-0.05, 0) is 30.4 Å². The van der Waals surface area contributed by atoms with Crippen LogP contribution in [0.4, 0.5) is 5.69 Å². The van der Waals surface area contributed by atoms with Crippen LogP contribution in [0.25, 0.3) is 0 Å². The van der Waals surface area contributed by atoms with Crippen molar-refractivity contribution in [3.05, 3.63) is 29.8 Å². The van der Waals surface area contributed by atoms with E-state index in [1.54, 1.807) is 0 Å². The van der Waals surface area contributed by atoms with Gasteiger partial charge in [0, 0.05) is 13.1 Å². The van der Waals surface area contributed by atoms with Gasteiger partial charge in [-0.2, -0.15) is 0 Å². The van der Waals surface area contributed by atoms with Crippen molar-refractivity contribution in [2.75, 3.05) is 12.0 Å². The molecule has 0 spiro atoms. The zero-order chi connectivity index (χ0) is 8.67. The lowest BCUT2D eigenvalue weighted by molar-refractivity contribution is 0.328. The number of nitrogens with one attached hydrogen (secondary N) is 1. The Hall–Kier alpha value is -1.02. The van der Waals surface area contributed by atoms with Gasteiger partial charge in [-0.15, -0.1) is 0 Å². The van der Waals surface area contributed by atoms with E-state index >= 15 is 0 Å². The van der Waals surface area contributed by atoms with Crippen LogP contribution in [0.1, 0.15) is 18.4 Å². The third-order valence-corrected chi connectivity index (χ3v) is 2.83. The normalized spacial score (nSPS) is 21.2. The Labute approximate surface area is 78.5 Å². The molecule has 1 fully saturated rings. The van der Waals surface area contributed by atoms with Crippen molar-refractivity contribution in [2.24, 2.45) is 5.92 Å². The molecule has 1 heterocycles. The summed E-state index contributed by atoms with van der Waals surface area (Å²) in [5.41, 5.74) is 6.17. The van der Waals surface area contributed by atoms with Gasteiger partial charge in [0.15, 0.2) is 0 Å². The first-order valence-corrected chi connectivity index (χ1v) is 5.01. The molecule has 13 heavy (non-hydrogen) atoms. The third kappa shape index (κ3) is 1.42. The van der Waals surface area contributed by atoms with Crippen LogP contribution < -0.4 is 5.43 Å². The zero-order valence-electron chi connectivity index (χ0n) is 7.66. The highest BCUT2D eigenvalue weighted by molar-refractivity contribution is 5.53. The highest BCUT2D eigenvalue weighted by atomic mass is 15.5. The Kier molecular flexibility index (Phi) is 1.56. The highest BCUT2D eigenvalue weighted by Crippen LogP contribution is 2.32. The molecule has 1 aliphatic heterocycles. The molecule has 0 radical (unpaired) electrons. The molecule has 0 bridgehead atoms. The molecule has 1 aromatic rings. The molecule has 0 saturated heterocycles. The van der Waals surface area contributed by atoms with Gasteiger partial charge in [0.1, 0.15) is 0 Å². The van der Waals surface area contributed by atoms with Crippen LogP contribution in [-0.4, -0.2) is 11.6 Å². The van der Waals surface area contributed by atoms with Crippen LogP contribution >= 0.6 is 0 Å². The number of hydrogen-bond acceptors (Lipinski definition) is 2. The minimum atomic E-state index is 0.960. The molecule has 0 atom stereocenters. The maximum atomic E-state index is 3.44. The molecule has 1 aromatic carbocycles. The van der Waals surface area contributed by atoms with Gasteiger partial charge < -0.3 is 5.43 Å². The van der Waals surface area contributed by atoms with Crippen LogP contribution in [0.15, 0.2) is 24.3 Å². The van der Waals surface area contributed by atoms with Crippen molar-refractivity contribution in [1.29, 1.82) is 0 Å². The maximum Gasteiger partial charge on any atom is 0.0535 e. The molecule has 1 aliphatic carbocycles. The molecule has 0 amide bonds. The highest BCUT2D eigenvalue weighted by Gasteiger charge is 2.27. The fourth-order valence-corrected chi connectivity index (χ4v) is 1.91. The average molecular weight is 174 g/mol. The number of benzene rings is 1. The molecule has 68 valence electrons. The number of anilines is 1. The Morgan fingerprint density at radius 3 is 2.92 bits per heavy atom. The summed E-state index contributed by atoms with van der Waals surface area (Å²) in [6.45, 7) is 2.29. The van der Waals surface area contributed by atoms with Crippen LogP contribution in [-0.2, 0) is 6.54 Å². The first-order chi connectivity index (χ1) is 6.42. The molecule has 3 rings (SSSR count). The Balaban J connectivity index is 1.73. The van der Waals surface area contributed by atoms with E-state index in [9.17, 15) is 0 Å². The van der Waals surface area contributed by atoms with Gasteiger partial charge in [-0.3, -0.25) is 0 Å². The van der Waals surface area contributed by atoms with Gasteiger partial charge in [-0.25, -0.2) is 5.01 Å². The van der Waals surface area contributed by atoms with Gasteiger partial charge in [0.2, 0.25) is 0 Å². The molecule has 2 nitrogen and oxygen atoms in total. The zero-order valence-corrected chi connectivity index (χ0v) is 7.66. The molecule has 2 heteroatoms. The van der Waals surface area contributed by atoms with E-state index < -0.39 is 0 Å². The number of nitrogens with zero attached hydrogens (tertiary/aromatic N) is 1. The second kappa shape index (κ2) is 2.74. The van der Waals surface area contributed by atoms with E-state index in [1.807, 2.05) is 0 Å². The summed E-state index contributed by atoms with van der Waals surface area (Å²) < 4.78 is 0. The predicted octanol–water partition coefficient (Wildman–Crippen LogP) is 2.24. The fraction of sp³-hybridized carbons (Fsp3) is 0.455. The van der Waals surface area contributed by atoms with Crippen molar-refractivity contribution >= 4 is 5.69 Å². The molecule has 0 aromatic heterocycles. The monoisotopic (exact) mass is 174 g/mol. The number of para-hydroxylation sites is 1. The van der Waals surface area contributed by atoms with Crippen LogP contribution in [0.3, 0.4) is 0 Å². The number of fused-ring (bicyclic) bond motifs is 1. The standard InChI is InChI=1S/C11H14N2/c1-2-4-11-10(3-1)8-13(12-11)7-9-5-6-9/h1-4,9,12H,5-8H2. The van der Waals surface area contributed by atoms with Gasteiger partial charge in [0.25, 0.3) is 0 Å². The lowest BCUT2D eigenvalue weighted by atomic mass is 10.2. The summed E-state index contributed by atoms with van der Waals surface area (Å²) in [6, 6.07) is 8.56. The third-order valence-electron chi connectivity index (χ3n) is 2.83. The first kappa shape index (κ1) is 7.39. The van der Waals surface area contributed by atoms with E-state index in [0.29, 0.717) is 0 Å². The van der Waals surface area contributed by atoms with Crippen molar-refractivity contribution in [1.82, 2.24) is 5.01 Å². The topological polar surface area (TPSA) is 15.3 Å². The minimum absolute atomic E-state index is 0.960. The summed E-state index contributed by atoms with van der Waals surface area (Å²) in [6.07, 6.45) is 2.85. The Morgan fingerprint density at radius 1 is 1.31 bits per heavy atom. The molecule has 1 N–H and O–H groups in total. The van der Waals surface area contributed by atoms with Gasteiger partial charge in [0.05, 0.1) is 5.69 Å². The molecule has 0 unspecified atom stereocenters. The SMILES string of the molecule is c1ccc2c(c1)CN(CC1CC1)N2. The average Bonchev–Trinajstić information content (AvgIpc) is 2.85. The second-order valence-electron chi connectivity index (χ2n) is 4.09. The van der Waals surface area contributed by atoms with Crippen LogP contribution in [0.5, 0.6) is 0 Å². The summed E-state index contributed by atoms with van der Waals surface area (Å²) >= 11 is 0. The summed E-state index contributed by atoms with van der Waals surface area (Å²) in [7, 11) is 0. The molecule has 1 saturated carbocycles. The smallest absolute Gasteiger partial charge is 0.0535 e. The van der Waals surface area contributed by atoms with E-state index in [-0.39, 0.29) is 0 Å². The lowest BCUT2D eigenvalue weighted by Gasteiger charge is -2.14. The van der Waals surface area contributed by atoms with Crippen molar-refractivity contribution < 1.29 is 0 Å².